The highest BCUT2D eigenvalue weighted by molar-refractivity contribution is 5.61. The Morgan fingerprint density at radius 2 is 1.89 bits per heavy atom. The number of nitrogen functional groups attached to an aromatic ring is 1. The van der Waals surface area contributed by atoms with Crippen LogP contribution in [-0.4, -0.2) is 9.97 Å². The zero-order valence-electron chi connectivity index (χ0n) is 10.9. The Bertz CT molecular complexity index is 549. The van der Waals surface area contributed by atoms with Crippen LogP contribution in [0.3, 0.4) is 0 Å². The number of nitrogens with one attached hydrogen (secondary N) is 1. The highest BCUT2D eigenvalue weighted by Crippen LogP contribution is 2.23. The number of hydrogen-bond acceptors (Lipinski definition) is 4. The average Bonchev–Trinajstić information content (AvgIpc) is 2.38. The third-order valence-electron chi connectivity index (χ3n) is 2.87. The van der Waals surface area contributed by atoms with E-state index in [1.54, 1.807) is 0 Å². The number of benzene rings is 1. The first kappa shape index (κ1) is 12.5. The van der Waals surface area contributed by atoms with Gasteiger partial charge in [-0.1, -0.05) is 38.1 Å². The molecule has 1 aromatic carbocycles. The van der Waals surface area contributed by atoms with E-state index in [0.29, 0.717) is 17.6 Å². The van der Waals surface area contributed by atoms with E-state index in [0.717, 1.165) is 16.8 Å². The largest absolute Gasteiger partial charge is 0.308 e. The molecule has 0 atom stereocenters. The molecule has 0 spiro atoms. The van der Waals surface area contributed by atoms with Crippen molar-refractivity contribution in [2.45, 2.75) is 26.7 Å². The molecule has 0 bridgehead atoms. The van der Waals surface area contributed by atoms with Gasteiger partial charge in [0, 0.05) is 17.3 Å². The average molecular weight is 242 g/mol. The third-order valence-corrected chi connectivity index (χ3v) is 2.87. The molecule has 2 aromatic rings. The van der Waals surface area contributed by atoms with Crippen molar-refractivity contribution in [2.75, 3.05) is 5.43 Å². The van der Waals surface area contributed by atoms with Gasteiger partial charge < -0.3 is 5.43 Å². The van der Waals surface area contributed by atoms with Crippen LogP contribution in [0.4, 0.5) is 5.82 Å². The van der Waals surface area contributed by atoms with Gasteiger partial charge in [0.25, 0.3) is 0 Å². The summed E-state index contributed by atoms with van der Waals surface area (Å²) in [6.45, 7) is 6.25. The summed E-state index contributed by atoms with van der Waals surface area (Å²) in [6.07, 6.45) is 0. The van der Waals surface area contributed by atoms with Crippen molar-refractivity contribution in [1.29, 1.82) is 0 Å². The molecule has 0 radical (unpaired) electrons. The first-order chi connectivity index (χ1) is 8.61. The van der Waals surface area contributed by atoms with Crippen LogP contribution >= 0.6 is 0 Å². The maximum atomic E-state index is 5.46. The van der Waals surface area contributed by atoms with E-state index in [1.165, 1.54) is 0 Å². The van der Waals surface area contributed by atoms with Crippen molar-refractivity contribution < 1.29 is 0 Å². The number of rotatable bonds is 3. The predicted octanol–water partition coefficient (Wildman–Crippen LogP) is 2.86. The van der Waals surface area contributed by atoms with E-state index in [9.17, 15) is 0 Å². The van der Waals surface area contributed by atoms with Crippen LogP contribution in [0.5, 0.6) is 0 Å². The lowest BCUT2D eigenvalue weighted by Crippen LogP contribution is -2.11. The van der Waals surface area contributed by atoms with E-state index >= 15 is 0 Å². The lowest BCUT2D eigenvalue weighted by Gasteiger charge is -2.11. The summed E-state index contributed by atoms with van der Waals surface area (Å²) >= 11 is 0. The molecular formula is C14H18N4. The smallest absolute Gasteiger partial charge is 0.162 e. The van der Waals surface area contributed by atoms with Gasteiger partial charge in [-0.15, -0.1) is 0 Å². The molecule has 1 aromatic heterocycles. The Morgan fingerprint density at radius 3 is 2.50 bits per heavy atom. The van der Waals surface area contributed by atoms with Crippen LogP contribution < -0.4 is 11.3 Å². The van der Waals surface area contributed by atoms with Gasteiger partial charge in [0.05, 0.1) is 0 Å². The first-order valence-electron chi connectivity index (χ1n) is 6.03. The van der Waals surface area contributed by atoms with Gasteiger partial charge in [0.1, 0.15) is 5.82 Å². The maximum absolute atomic E-state index is 5.46. The molecule has 1 heterocycles. The van der Waals surface area contributed by atoms with Crippen molar-refractivity contribution >= 4 is 5.82 Å². The number of nitrogens with zero attached hydrogens (tertiary/aromatic N) is 2. The Balaban J connectivity index is 2.57. The molecule has 94 valence electrons. The fourth-order valence-corrected chi connectivity index (χ4v) is 1.78. The molecule has 4 nitrogen and oxygen atoms in total. The molecule has 0 aliphatic rings. The van der Waals surface area contributed by atoms with E-state index in [-0.39, 0.29) is 0 Å². The van der Waals surface area contributed by atoms with Gasteiger partial charge in [0.15, 0.2) is 5.82 Å². The maximum Gasteiger partial charge on any atom is 0.162 e. The number of hydrogen-bond donors (Lipinski definition) is 2. The lowest BCUT2D eigenvalue weighted by atomic mass is 10.1. The summed E-state index contributed by atoms with van der Waals surface area (Å²) in [5.74, 6) is 7.16. The number of nitrogens with two attached hydrogens (primary N) is 1. The zero-order valence-corrected chi connectivity index (χ0v) is 10.9. The third kappa shape index (κ3) is 2.49. The van der Waals surface area contributed by atoms with Gasteiger partial charge in [-0.2, -0.15) is 0 Å². The lowest BCUT2D eigenvalue weighted by molar-refractivity contribution is 0.817. The van der Waals surface area contributed by atoms with Crippen LogP contribution in [0.15, 0.2) is 30.3 Å². The van der Waals surface area contributed by atoms with Crippen LogP contribution in [0, 0.1) is 6.92 Å². The molecule has 0 unspecified atom stereocenters. The summed E-state index contributed by atoms with van der Waals surface area (Å²) < 4.78 is 0. The van der Waals surface area contributed by atoms with Gasteiger partial charge in [-0.25, -0.2) is 15.8 Å². The molecule has 18 heavy (non-hydrogen) atoms. The molecule has 0 amide bonds. The fourth-order valence-electron chi connectivity index (χ4n) is 1.78. The van der Waals surface area contributed by atoms with Crippen molar-refractivity contribution in [3.8, 4) is 11.4 Å². The summed E-state index contributed by atoms with van der Waals surface area (Å²) in [6, 6.07) is 9.95. The van der Waals surface area contributed by atoms with Gasteiger partial charge in [0.2, 0.25) is 0 Å². The molecule has 3 N–H and O–H groups in total. The quantitative estimate of drug-likeness (QED) is 0.641. The predicted molar refractivity (Wildman–Crippen MR) is 74.1 cm³/mol. The van der Waals surface area contributed by atoms with Crippen LogP contribution in [0.2, 0.25) is 0 Å². The normalized spacial score (nSPS) is 10.7. The second kappa shape index (κ2) is 5.14. The fraction of sp³-hybridized carbons (Fsp3) is 0.286. The highest BCUT2D eigenvalue weighted by Gasteiger charge is 2.10. The minimum absolute atomic E-state index is 0.336. The summed E-state index contributed by atoms with van der Waals surface area (Å²) in [5, 5.41) is 0. The number of hydrazine groups is 1. The minimum Gasteiger partial charge on any atom is -0.308 e. The molecule has 0 saturated carbocycles. The summed E-state index contributed by atoms with van der Waals surface area (Å²) in [5.41, 5.74) is 5.78. The van der Waals surface area contributed by atoms with Crippen molar-refractivity contribution in [3.63, 3.8) is 0 Å². The van der Waals surface area contributed by atoms with Crippen molar-refractivity contribution in [1.82, 2.24) is 9.97 Å². The van der Waals surface area contributed by atoms with Gasteiger partial charge in [-0.05, 0) is 18.4 Å². The number of aromatic nitrogens is 2. The molecule has 0 fully saturated rings. The van der Waals surface area contributed by atoms with Crippen LogP contribution in [-0.2, 0) is 0 Å². The Labute approximate surface area is 107 Å². The monoisotopic (exact) mass is 242 g/mol. The second-order valence-corrected chi connectivity index (χ2v) is 4.62. The summed E-state index contributed by atoms with van der Waals surface area (Å²) in [4.78, 5) is 9.02. The van der Waals surface area contributed by atoms with Gasteiger partial charge >= 0.3 is 0 Å². The highest BCUT2D eigenvalue weighted by atomic mass is 15.3. The first-order valence-corrected chi connectivity index (χ1v) is 6.03. The van der Waals surface area contributed by atoms with E-state index < -0.39 is 0 Å². The zero-order chi connectivity index (χ0) is 13.1. The van der Waals surface area contributed by atoms with Crippen molar-refractivity contribution in [3.05, 3.63) is 41.6 Å². The second-order valence-electron chi connectivity index (χ2n) is 4.62. The Morgan fingerprint density at radius 1 is 1.17 bits per heavy atom. The van der Waals surface area contributed by atoms with Crippen LogP contribution in [0.25, 0.3) is 11.4 Å². The topological polar surface area (TPSA) is 63.8 Å². The summed E-state index contributed by atoms with van der Waals surface area (Å²) in [7, 11) is 0. The van der Waals surface area contributed by atoms with Gasteiger partial charge in [-0.3, -0.25) is 0 Å². The van der Waals surface area contributed by atoms with E-state index in [1.807, 2.05) is 24.3 Å². The van der Waals surface area contributed by atoms with Crippen LogP contribution in [0.1, 0.15) is 31.0 Å². The molecule has 0 aliphatic carbocycles. The van der Waals surface area contributed by atoms with E-state index in [2.05, 4.69) is 42.2 Å². The SMILES string of the molecule is Cc1ccccc1-c1nc(NN)cc(C(C)C)n1. The Hall–Kier alpha value is -1.94. The molecular weight excluding hydrogens is 224 g/mol. The standard InChI is InChI=1S/C14H18N4/c1-9(2)12-8-13(18-15)17-14(16-12)11-7-5-4-6-10(11)3/h4-9H,15H2,1-3H3,(H,16,17,18). The number of anilines is 1. The molecule has 2 rings (SSSR count). The molecule has 0 saturated heterocycles. The minimum atomic E-state index is 0.336. The number of aryl methyl sites for hydroxylation is 1. The van der Waals surface area contributed by atoms with E-state index in [4.69, 9.17) is 5.84 Å². The molecule has 4 heteroatoms. The molecule has 0 aliphatic heterocycles. The Kier molecular flexibility index (Phi) is 3.58. The van der Waals surface area contributed by atoms with Crippen molar-refractivity contribution in [2.24, 2.45) is 5.84 Å².